The van der Waals surface area contributed by atoms with Gasteiger partial charge in [0, 0.05) is 6.54 Å². The molecule has 0 spiro atoms. The average Bonchev–Trinajstić information content (AvgIpc) is 2.48. The summed E-state index contributed by atoms with van der Waals surface area (Å²) in [6.07, 6.45) is 0.0986. The fraction of sp³-hybridized carbons (Fsp3) is 0.824. The molecule has 1 aliphatic rings. The standard InChI is InChI=1S/C17H30N2O5/c1-11-12(20)18-10-8-9-17(11,13(21)23-15(2,3)4)19-14(22)24-16(5,6)7/h11H,8-10H2,1-7H3,(H,18,20)(H,19,22)/t11-,17+/m1/s1. The lowest BCUT2D eigenvalue weighted by atomic mass is 9.81. The summed E-state index contributed by atoms with van der Waals surface area (Å²) in [6, 6.07) is 0. The maximum Gasteiger partial charge on any atom is 0.408 e. The van der Waals surface area contributed by atoms with Crippen molar-refractivity contribution in [3.63, 3.8) is 0 Å². The minimum Gasteiger partial charge on any atom is -0.458 e. The minimum atomic E-state index is -1.45. The molecule has 1 rings (SSSR count). The molecular weight excluding hydrogens is 312 g/mol. The SMILES string of the molecule is C[C@@H]1C(=O)NCCC[C@@]1(NC(=O)OC(C)(C)C)C(=O)OC(C)(C)C. The second-order valence-electron chi connectivity index (χ2n) is 8.22. The van der Waals surface area contributed by atoms with E-state index >= 15 is 0 Å². The van der Waals surface area contributed by atoms with E-state index in [-0.39, 0.29) is 5.91 Å². The third-order valence-corrected chi connectivity index (χ3v) is 3.67. The number of ether oxygens (including phenoxy) is 2. The van der Waals surface area contributed by atoms with E-state index in [0.29, 0.717) is 19.4 Å². The fourth-order valence-corrected chi connectivity index (χ4v) is 2.53. The predicted octanol–water partition coefficient (Wildman–Crippen LogP) is 2.14. The van der Waals surface area contributed by atoms with Crippen LogP contribution in [-0.4, -0.2) is 41.3 Å². The predicted molar refractivity (Wildman–Crippen MR) is 89.4 cm³/mol. The summed E-state index contributed by atoms with van der Waals surface area (Å²) in [5, 5.41) is 5.38. The second kappa shape index (κ2) is 6.99. The van der Waals surface area contributed by atoms with E-state index in [1.165, 1.54) is 0 Å². The molecule has 0 aromatic rings. The van der Waals surface area contributed by atoms with Gasteiger partial charge in [-0.05, 0) is 54.4 Å². The fourth-order valence-electron chi connectivity index (χ4n) is 2.53. The Morgan fingerprint density at radius 1 is 1.12 bits per heavy atom. The second-order valence-corrected chi connectivity index (χ2v) is 8.22. The van der Waals surface area contributed by atoms with Gasteiger partial charge in [-0.15, -0.1) is 0 Å². The zero-order valence-electron chi connectivity index (χ0n) is 15.7. The smallest absolute Gasteiger partial charge is 0.408 e. The highest BCUT2D eigenvalue weighted by Crippen LogP contribution is 2.30. The number of rotatable bonds is 2. The van der Waals surface area contributed by atoms with E-state index in [1.807, 2.05) is 0 Å². The summed E-state index contributed by atoms with van der Waals surface area (Å²) in [6.45, 7) is 12.5. The molecule has 1 saturated heterocycles. The summed E-state index contributed by atoms with van der Waals surface area (Å²) in [4.78, 5) is 37.4. The molecule has 7 nitrogen and oxygen atoms in total. The van der Waals surface area contributed by atoms with Gasteiger partial charge in [0.25, 0.3) is 0 Å². The van der Waals surface area contributed by atoms with Gasteiger partial charge < -0.3 is 20.1 Å². The quantitative estimate of drug-likeness (QED) is 0.750. The number of carbonyl (C=O) groups is 3. The van der Waals surface area contributed by atoms with Crippen LogP contribution in [0.2, 0.25) is 0 Å². The first-order chi connectivity index (χ1) is 10.8. The van der Waals surface area contributed by atoms with Crippen molar-refractivity contribution in [2.24, 2.45) is 5.92 Å². The topological polar surface area (TPSA) is 93.7 Å². The molecule has 1 aliphatic heterocycles. The van der Waals surface area contributed by atoms with Crippen molar-refractivity contribution in [3.05, 3.63) is 0 Å². The van der Waals surface area contributed by atoms with Crippen LogP contribution >= 0.6 is 0 Å². The van der Waals surface area contributed by atoms with E-state index in [1.54, 1.807) is 48.5 Å². The first kappa shape index (κ1) is 20.3. The number of hydrogen-bond donors (Lipinski definition) is 2. The Bertz CT molecular complexity index is 504. The van der Waals surface area contributed by atoms with Gasteiger partial charge in [-0.1, -0.05) is 6.92 Å². The lowest BCUT2D eigenvalue weighted by Crippen LogP contribution is -2.62. The molecule has 138 valence electrons. The molecule has 0 saturated carbocycles. The maximum absolute atomic E-state index is 12.9. The number of alkyl carbamates (subject to hydrolysis) is 1. The van der Waals surface area contributed by atoms with E-state index in [4.69, 9.17) is 9.47 Å². The third kappa shape index (κ3) is 5.39. The lowest BCUT2D eigenvalue weighted by Gasteiger charge is -2.37. The molecular formula is C17H30N2O5. The summed E-state index contributed by atoms with van der Waals surface area (Å²) < 4.78 is 10.8. The molecule has 1 heterocycles. The number of esters is 1. The minimum absolute atomic E-state index is 0.293. The monoisotopic (exact) mass is 342 g/mol. The van der Waals surface area contributed by atoms with Crippen LogP contribution < -0.4 is 10.6 Å². The molecule has 0 unspecified atom stereocenters. The number of amides is 2. The van der Waals surface area contributed by atoms with Crippen molar-refractivity contribution in [1.82, 2.24) is 10.6 Å². The Morgan fingerprint density at radius 2 is 1.67 bits per heavy atom. The summed E-state index contributed by atoms with van der Waals surface area (Å²) in [5.41, 5.74) is -2.90. The molecule has 0 radical (unpaired) electrons. The van der Waals surface area contributed by atoms with Crippen LogP contribution in [0.25, 0.3) is 0 Å². The van der Waals surface area contributed by atoms with E-state index < -0.39 is 34.7 Å². The largest absolute Gasteiger partial charge is 0.458 e. The van der Waals surface area contributed by atoms with Crippen LogP contribution in [0.4, 0.5) is 4.79 Å². The summed E-state index contributed by atoms with van der Waals surface area (Å²) in [5.74, 6) is -1.69. The van der Waals surface area contributed by atoms with Crippen molar-refractivity contribution in [1.29, 1.82) is 0 Å². The third-order valence-electron chi connectivity index (χ3n) is 3.67. The van der Waals surface area contributed by atoms with Crippen molar-refractivity contribution in [2.75, 3.05) is 6.54 Å². The van der Waals surface area contributed by atoms with Gasteiger partial charge in [0.05, 0.1) is 5.92 Å². The first-order valence-corrected chi connectivity index (χ1v) is 8.29. The Morgan fingerprint density at radius 3 is 2.17 bits per heavy atom. The zero-order valence-corrected chi connectivity index (χ0v) is 15.7. The highest BCUT2D eigenvalue weighted by molar-refractivity contribution is 5.94. The molecule has 7 heteroatoms. The maximum atomic E-state index is 12.9. The van der Waals surface area contributed by atoms with Gasteiger partial charge in [0.1, 0.15) is 11.2 Å². The van der Waals surface area contributed by atoms with Gasteiger partial charge in [-0.3, -0.25) is 4.79 Å². The van der Waals surface area contributed by atoms with Crippen LogP contribution in [0, 0.1) is 5.92 Å². The van der Waals surface area contributed by atoms with Crippen LogP contribution in [-0.2, 0) is 19.1 Å². The van der Waals surface area contributed by atoms with Crippen LogP contribution in [0.15, 0.2) is 0 Å². The van der Waals surface area contributed by atoms with Crippen molar-refractivity contribution in [3.8, 4) is 0 Å². The zero-order chi connectivity index (χ0) is 18.8. The van der Waals surface area contributed by atoms with Crippen LogP contribution in [0.3, 0.4) is 0 Å². The molecule has 2 N–H and O–H groups in total. The Kier molecular flexibility index (Phi) is 5.90. The lowest BCUT2D eigenvalue weighted by molar-refractivity contribution is -0.167. The van der Waals surface area contributed by atoms with Crippen LogP contribution in [0.5, 0.6) is 0 Å². The normalized spacial score (nSPS) is 25.3. The summed E-state index contributed by atoms with van der Waals surface area (Å²) >= 11 is 0. The van der Waals surface area contributed by atoms with E-state index in [2.05, 4.69) is 10.6 Å². The highest BCUT2D eigenvalue weighted by atomic mass is 16.6. The molecule has 0 aromatic carbocycles. The van der Waals surface area contributed by atoms with Gasteiger partial charge >= 0.3 is 12.1 Å². The van der Waals surface area contributed by atoms with Crippen molar-refractivity contribution in [2.45, 2.75) is 78.0 Å². The van der Waals surface area contributed by atoms with Gasteiger partial charge in [-0.25, -0.2) is 9.59 Å². The molecule has 24 heavy (non-hydrogen) atoms. The first-order valence-electron chi connectivity index (χ1n) is 8.29. The number of nitrogens with one attached hydrogen (secondary N) is 2. The summed E-state index contributed by atoms with van der Waals surface area (Å²) in [7, 11) is 0. The molecule has 0 aliphatic carbocycles. The van der Waals surface area contributed by atoms with Gasteiger partial charge in [0.15, 0.2) is 5.54 Å². The number of hydrogen-bond acceptors (Lipinski definition) is 5. The van der Waals surface area contributed by atoms with Crippen molar-refractivity contribution >= 4 is 18.0 Å². The average molecular weight is 342 g/mol. The Balaban J connectivity index is 3.17. The van der Waals surface area contributed by atoms with Crippen molar-refractivity contribution < 1.29 is 23.9 Å². The van der Waals surface area contributed by atoms with Crippen LogP contribution in [0.1, 0.15) is 61.3 Å². The molecule has 0 aromatic heterocycles. The molecule has 0 bridgehead atoms. The molecule has 2 atom stereocenters. The van der Waals surface area contributed by atoms with E-state index in [0.717, 1.165) is 0 Å². The van der Waals surface area contributed by atoms with Gasteiger partial charge in [-0.2, -0.15) is 0 Å². The number of carbonyl (C=O) groups excluding carboxylic acids is 3. The Hall–Kier alpha value is -1.79. The highest BCUT2D eigenvalue weighted by Gasteiger charge is 2.51. The molecule has 2 amide bonds. The Labute approximate surface area is 143 Å². The van der Waals surface area contributed by atoms with Gasteiger partial charge in [0.2, 0.25) is 5.91 Å². The van der Waals surface area contributed by atoms with E-state index in [9.17, 15) is 14.4 Å². The molecule has 1 fully saturated rings.